The lowest BCUT2D eigenvalue weighted by Crippen LogP contribution is -2.51. The van der Waals surface area contributed by atoms with Gasteiger partial charge in [-0.15, -0.1) is 6.58 Å². The molecule has 0 aromatic carbocycles. The van der Waals surface area contributed by atoms with Crippen LogP contribution < -0.4 is 5.32 Å². The van der Waals surface area contributed by atoms with Gasteiger partial charge in [-0.1, -0.05) is 6.08 Å². The minimum Gasteiger partial charge on any atom is -0.340 e. The number of hydrogen-bond donors (Lipinski definition) is 1. The van der Waals surface area contributed by atoms with E-state index in [2.05, 4.69) is 21.7 Å². The zero-order chi connectivity index (χ0) is 12.5. The first-order valence-corrected chi connectivity index (χ1v) is 7.16. The van der Waals surface area contributed by atoms with E-state index in [0.717, 1.165) is 39.1 Å². The number of rotatable bonds is 3. The summed E-state index contributed by atoms with van der Waals surface area (Å²) in [5.41, 5.74) is 0. The summed E-state index contributed by atoms with van der Waals surface area (Å²) in [6.07, 6.45) is 5.47. The highest BCUT2D eigenvalue weighted by Crippen LogP contribution is 2.34. The summed E-state index contributed by atoms with van der Waals surface area (Å²) in [5.74, 6) is 0.655. The Hall–Kier alpha value is -0.870. The zero-order valence-electron chi connectivity index (χ0n) is 11.0. The van der Waals surface area contributed by atoms with Crippen LogP contribution in [0.3, 0.4) is 0 Å². The monoisotopic (exact) mass is 249 g/mol. The number of piperazine rings is 1. The number of amides is 1. The summed E-state index contributed by atoms with van der Waals surface area (Å²) in [4.78, 5) is 16.9. The molecule has 0 aromatic rings. The van der Waals surface area contributed by atoms with Crippen molar-refractivity contribution in [3.63, 3.8) is 0 Å². The number of carbonyl (C=O) groups excluding carboxylic acids is 1. The third-order valence-corrected chi connectivity index (χ3v) is 4.69. The van der Waals surface area contributed by atoms with E-state index < -0.39 is 0 Å². The van der Waals surface area contributed by atoms with Crippen molar-refractivity contribution >= 4 is 5.91 Å². The Bertz CT molecular complexity index is 336. The highest BCUT2D eigenvalue weighted by atomic mass is 16.2. The molecular weight excluding hydrogens is 226 g/mol. The van der Waals surface area contributed by atoms with E-state index in [1.54, 1.807) is 0 Å². The maximum absolute atomic E-state index is 12.5. The number of fused-ring (bicyclic) bond motifs is 2. The average Bonchev–Trinajstić information content (AvgIpc) is 3.01. The molecule has 0 radical (unpaired) electrons. The predicted molar refractivity (Wildman–Crippen MR) is 71.3 cm³/mol. The Balaban J connectivity index is 1.53. The Morgan fingerprint density at radius 2 is 2.06 bits per heavy atom. The van der Waals surface area contributed by atoms with Gasteiger partial charge in [-0.05, 0) is 19.3 Å². The fraction of sp³-hybridized carbons (Fsp3) is 0.786. The van der Waals surface area contributed by atoms with E-state index in [9.17, 15) is 4.79 Å². The van der Waals surface area contributed by atoms with Crippen LogP contribution >= 0.6 is 0 Å². The van der Waals surface area contributed by atoms with Crippen molar-refractivity contribution in [2.24, 2.45) is 5.92 Å². The molecule has 3 heterocycles. The van der Waals surface area contributed by atoms with Crippen LogP contribution in [0.2, 0.25) is 0 Å². The first-order valence-electron chi connectivity index (χ1n) is 7.16. The van der Waals surface area contributed by atoms with Crippen LogP contribution in [0.5, 0.6) is 0 Å². The maximum atomic E-state index is 12.5. The Morgan fingerprint density at radius 1 is 1.28 bits per heavy atom. The van der Waals surface area contributed by atoms with Gasteiger partial charge in [0.1, 0.15) is 0 Å². The van der Waals surface area contributed by atoms with Crippen molar-refractivity contribution < 1.29 is 4.79 Å². The molecule has 4 heteroatoms. The van der Waals surface area contributed by atoms with Crippen molar-refractivity contribution in [1.29, 1.82) is 0 Å². The minimum absolute atomic E-state index is 0.259. The minimum atomic E-state index is 0.259. The van der Waals surface area contributed by atoms with Crippen LogP contribution in [-0.2, 0) is 4.79 Å². The molecule has 3 fully saturated rings. The topological polar surface area (TPSA) is 35.6 Å². The quantitative estimate of drug-likeness (QED) is 0.738. The van der Waals surface area contributed by atoms with Gasteiger partial charge < -0.3 is 10.2 Å². The molecule has 3 atom stereocenters. The number of carbonyl (C=O) groups is 1. The van der Waals surface area contributed by atoms with Gasteiger partial charge in [-0.3, -0.25) is 9.69 Å². The maximum Gasteiger partial charge on any atom is 0.227 e. The van der Waals surface area contributed by atoms with Crippen LogP contribution in [0.1, 0.15) is 19.3 Å². The Kier molecular flexibility index (Phi) is 3.39. The summed E-state index contributed by atoms with van der Waals surface area (Å²) in [7, 11) is 0. The zero-order valence-corrected chi connectivity index (χ0v) is 11.0. The third-order valence-electron chi connectivity index (χ3n) is 4.69. The van der Waals surface area contributed by atoms with E-state index >= 15 is 0 Å². The summed E-state index contributed by atoms with van der Waals surface area (Å²) in [6.45, 7) is 8.47. The highest BCUT2D eigenvalue weighted by Gasteiger charge is 2.44. The lowest BCUT2D eigenvalue weighted by molar-refractivity contribution is -0.137. The standard InChI is InChI=1S/C14H23N3O/c1-2-5-16-6-8-17(9-7-16)14(18)12-10-11-3-4-13(12)15-11/h2,11-13,15H,1,3-10H2. The van der Waals surface area contributed by atoms with Crippen LogP contribution in [0.4, 0.5) is 0 Å². The summed E-state index contributed by atoms with van der Waals surface area (Å²) in [5, 5.41) is 3.56. The molecule has 1 amide bonds. The van der Waals surface area contributed by atoms with E-state index in [4.69, 9.17) is 0 Å². The normalized spacial score (nSPS) is 36.0. The molecule has 3 rings (SSSR count). The molecule has 3 aliphatic rings. The van der Waals surface area contributed by atoms with Gasteiger partial charge in [0.25, 0.3) is 0 Å². The predicted octanol–water partition coefficient (Wildman–Crippen LogP) is 0.457. The van der Waals surface area contributed by atoms with Crippen LogP contribution in [0.25, 0.3) is 0 Å². The number of hydrogen-bond acceptors (Lipinski definition) is 3. The van der Waals surface area contributed by atoms with Gasteiger partial charge >= 0.3 is 0 Å². The van der Waals surface area contributed by atoms with E-state index in [1.165, 1.54) is 12.8 Å². The van der Waals surface area contributed by atoms with E-state index in [-0.39, 0.29) is 5.92 Å². The average molecular weight is 249 g/mol. The van der Waals surface area contributed by atoms with Crippen LogP contribution in [-0.4, -0.2) is 60.5 Å². The molecule has 1 N–H and O–H groups in total. The molecule has 0 aromatic heterocycles. The number of nitrogens with one attached hydrogen (secondary N) is 1. The largest absolute Gasteiger partial charge is 0.340 e. The third kappa shape index (κ3) is 2.19. The van der Waals surface area contributed by atoms with Gasteiger partial charge in [0.15, 0.2) is 0 Å². The molecule has 0 saturated carbocycles. The molecular formula is C14H23N3O. The van der Waals surface area contributed by atoms with E-state index in [0.29, 0.717) is 18.0 Å². The van der Waals surface area contributed by atoms with Gasteiger partial charge in [0, 0.05) is 44.8 Å². The van der Waals surface area contributed by atoms with Gasteiger partial charge in [0.05, 0.1) is 5.92 Å². The van der Waals surface area contributed by atoms with Crippen molar-refractivity contribution in [3.8, 4) is 0 Å². The molecule has 3 unspecified atom stereocenters. The highest BCUT2D eigenvalue weighted by molar-refractivity contribution is 5.80. The summed E-state index contributed by atoms with van der Waals surface area (Å²) < 4.78 is 0. The Morgan fingerprint density at radius 3 is 2.61 bits per heavy atom. The first-order chi connectivity index (χ1) is 8.78. The second kappa shape index (κ2) is 5.02. The lowest BCUT2D eigenvalue weighted by Gasteiger charge is -2.36. The second-order valence-corrected chi connectivity index (χ2v) is 5.80. The van der Waals surface area contributed by atoms with Crippen molar-refractivity contribution in [2.45, 2.75) is 31.3 Å². The second-order valence-electron chi connectivity index (χ2n) is 5.80. The van der Waals surface area contributed by atoms with Crippen LogP contribution in [0.15, 0.2) is 12.7 Å². The molecule has 2 bridgehead atoms. The molecule has 0 spiro atoms. The smallest absolute Gasteiger partial charge is 0.227 e. The molecule has 100 valence electrons. The lowest BCUT2D eigenvalue weighted by atomic mass is 9.88. The van der Waals surface area contributed by atoms with Gasteiger partial charge in [-0.2, -0.15) is 0 Å². The van der Waals surface area contributed by atoms with Crippen LogP contribution in [0, 0.1) is 5.92 Å². The Labute approximate surface area is 109 Å². The number of nitrogens with zero attached hydrogens (tertiary/aromatic N) is 2. The molecule has 18 heavy (non-hydrogen) atoms. The van der Waals surface area contributed by atoms with Gasteiger partial charge in [0.2, 0.25) is 5.91 Å². The van der Waals surface area contributed by atoms with Crippen molar-refractivity contribution in [2.75, 3.05) is 32.7 Å². The van der Waals surface area contributed by atoms with Crippen molar-refractivity contribution in [1.82, 2.24) is 15.1 Å². The summed E-state index contributed by atoms with van der Waals surface area (Å²) >= 11 is 0. The first kappa shape index (κ1) is 12.2. The van der Waals surface area contributed by atoms with Gasteiger partial charge in [-0.25, -0.2) is 0 Å². The SMILES string of the molecule is C=CCN1CCN(C(=O)C2CC3CCC2N3)CC1. The summed E-state index contributed by atoms with van der Waals surface area (Å²) in [6, 6.07) is 1.08. The molecule has 3 saturated heterocycles. The fourth-order valence-corrected chi connectivity index (χ4v) is 3.67. The van der Waals surface area contributed by atoms with E-state index in [1.807, 2.05) is 6.08 Å². The molecule has 4 nitrogen and oxygen atoms in total. The molecule has 0 aliphatic carbocycles. The molecule has 3 aliphatic heterocycles. The fourth-order valence-electron chi connectivity index (χ4n) is 3.67. The van der Waals surface area contributed by atoms with Crippen molar-refractivity contribution in [3.05, 3.63) is 12.7 Å².